The molecule has 2 saturated carbocycles. The number of carbonyl (C=O) groups is 1. The number of rotatable bonds is 10. The molecule has 4 heteroatoms. The lowest BCUT2D eigenvalue weighted by Gasteiger charge is -2.31. The molecule has 2 rings (SSSR count). The second-order valence-corrected chi connectivity index (χ2v) is 7.40. The Morgan fingerprint density at radius 3 is 2.48 bits per heavy atom. The first-order valence-corrected chi connectivity index (χ1v) is 8.55. The molecular formula is C17H32N2O2. The van der Waals surface area contributed by atoms with Crippen LogP contribution in [-0.2, 0) is 9.53 Å². The van der Waals surface area contributed by atoms with Crippen molar-refractivity contribution in [2.75, 3.05) is 20.2 Å². The maximum Gasteiger partial charge on any atom is 0.325 e. The Bertz CT molecular complexity index is 351. The van der Waals surface area contributed by atoms with Crippen LogP contribution >= 0.6 is 0 Å². The lowest BCUT2D eigenvalue weighted by Crippen LogP contribution is -2.53. The van der Waals surface area contributed by atoms with Gasteiger partial charge in [-0.3, -0.25) is 10.1 Å². The van der Waals surface area contributed by atoms with Crippen molar-refractivity contribution in [1.29, 1.82) is 0 Å². The second kappa shape index (κ2) is 7.10. The van der Waals surface area contributed by atoms with Crippen LogP contribution in [-0.4, -0.2) is 48.7 Å². The van der Waals surface area contributed by atoms with Crippen LogP contribution in [0, 0.1) is 5.92 Å². The fourth-order valence-electron chi connectivity index (χ4n) is 3.23. The van der Waals surface area contributed by atoms with Gasteiger partial charge in [0.1, 0.15) is 5.54 Å². The molecule has 2 fully saturated rings. The van der Waals surface area contributed by atoms with Gasteiger partial charge in [0.15, 0.2) is 0 Å². The monoisotopic (exact) mass is 296 g/mol. The Hall–Kier alpha value is -0.610. The highest BCUT2D eigenvalue weighted by molar-refractivity contribution is 5.80. The Balaban J connectivity index is 1.80. The van der Waals surface area contributed by atoms with Crippen LogP contribution in [0.15, 0.2) is 0 Å². The summed E-state index contributed by atoms with van der Waals surface area (Å²) < 4.78 is 4.99. The number of hydrogen-bond donors (Lipinski definition) is 1. The number of hydrogen-bond acceptors (Lipinski definition) is 4. The first-order valence-electron chi connectivity index (χ1n) is 8.55. The first kappa shape index (κ1) is 16.8. The highest BCUT2D eigenvalue weighted by Gasteiger charge is 2.36. The summed E-state index contributed by atoms with van der Waals surface area (Å²) in [6.07, 6.45) is 7.45. The maximum atomic E-state index is 12.1. The molecule has 0 heterocycles. The van der Waals surface area contributed by atoms with Crippen LogP contribution in [0.1, 0.15) is 59.3 Å². The molecule has 1 N–H and O–H groups in total. The Morgan fingerprint density at radius 1 is 1.33 bits per heavy atom. The van der Waals surface area contributed by atoms with Gasteiger partial charge in [0.05, 0.1) is 7.11 Å². The van der Waals surface area contributed by atoms with Gasteiger partial charge >= 0.3 is 5.97 Å². The van der Waals surface area contributed by atoms with Crippen molar-refractivity contribution < 1.29 is 9.53 Å². The van der Waals surface area contributed by atoms with Gasteiger partial charge in [0, 0.05) is 18.6 Å². The predicted molar refractivity (Wildman–Crippen MR) is 85.2 cm³/mol. The third kappa shape index (κ3) is 5.26. The summed E-state index contributed by atoms with van der Waals surface area (Å²) in [7, 11) is 1.48. The summed E-state index contributed by atoms with van der Waals surface area (Å²) >= 11 is 0. The summed E-state index contributed by atoms with van der Waals surface area (Å²) in [6.45, 7) is 8.52. The van der Waals surface area contributed by atoms with E-state index in [9.17, 15) is 4.79 Å². The molecule has 1 atom stereocenters. The average molecular weight is 296 g/mol. The lowest BCUT2D eigenvalue weighted by molar-refractivity contribution is -0.148. The van der Waals surface area contributed by atoms with E-state index in [1.165, 1.54) is 39.3 Å². The molecule has 2 aliphatic rings. The molecule has 0 amide bonds. The zero-order valence-corrected chi connectivity index (χ0v) is 14.2. The average Bonchev–Trinajstić information content (AvgIpc) is 3.26. The van der Waals surface area contributed by atoms with Gasteiger partial charge < -0.3 is 9.64 Å². The van der Waals surface area contributed by atoms with E-state index in [2.05, 4.69) is 24.1 Å². The predicted octanol–water partition coefficient (Wildman–Crippen LogP) is 2.57. The van der Waals surface area contributed by atoms with Crippen molar-refractivity contribution in [2.24, 2.45) is 5.92 Å². The molecule has 2 aliphatic carbocycles. The van der Waals surface area contributed by atoms with Crippen molar-refractivity contribution in [3.63, 3.8) is 0 Å². The Morgan fingerprint density at radius 2 is 2.00 bits per heavy atom. The van der Waals surface area contributed by atoms with E-state index in [4.69, 9.17) is 4.74 Å². The SMILES string of the molecule is COC(=O)C(C)(CCCN(CC1CC1)C1CC1)NC(C)C. The molecule has 0 spiro atoms. The van der Waals surface area contributed by atoms with E-state index < -0.39 is 5.54 Å². The van der Waals surface area contributed by atoms with Crippen molar-refractivity contribution in [2.45, 2.75) is 76.9 Å². The highest BCUT2D eigenvalue weighted by Crippen LogP contribution is 2.35. The van der Waals surface area contributed by atoms with E-state index in [1.54, 1.807) is 0 Å². The minimum Gasteiger partial charge on any atom is -0.468 e. The maximum absolute atomic E-state index is 12.1. The molecule has 0 aromatic carbocycles. The third-order valence-corrected chi connectivity index (χ3v) is 4.62. The zero-order valence-electron chi connectivity index (χ0n) is 14.2. The van der Waals surface area contributed by atoms with Gasteiger partial charge in [0.25, 0.3) is 0 Å². The number of carbonyl (C=O) groups excluding carboxylic acids is 1. The van der Waals surface area contributed by atoms with E-state index in [1.807, 2.05) is 6.92 Å². The van der Waals surface area contributed by atoms with Crippen molar-refractivity contribution in [3.05, 3.63) is 0 Å². The lowest BCUT2D eigenvalue weighted by atomic mass is 9.94. The molecule has 0 aromatic rings. The van der Waals surface area contributed by atoms with Crippen molar-refractivity contribution in [1.82, 2.24) is 10.2 Å². The first-order chi connectivity index (χ1) is 9.94. The van der Waals surface area contributed by atoms with Gasteiger partial charge in [-0.05, 0) is 71.8 Å². The van der Waals surface area contributed by atoms with Crippen LogP contribution in [0.25, 0.3) is 0 Å². The quantitative estimate of drug-likeness (QED) is 0.629. The van der Waals surface area contributed by atoms with Gasteiger partial charge in [-0.2, -0.15) is 0 Å². The van der Waals surface area contributed by atoms with Gasteiger partial charge in [-0.25, -0.2) is 0 Å². The van der Waals surface area contributed by atoms with E-state index >= 15 is 0 Å². The van der Waals surface area contributed by atoms with Crippen molar-refractivity contribution in [3.8, 4) is 0 Å². The summed E-state index contributed by atoms with van der Waals surface area (Å²) in [6, 6.07) is 1.10. The Labute approximate surface area is 129 Å². The zero-order chi connectivity index (χ0) is 15.5. The molecule has 0 aromatic heterocycles. The standard InChI is InChI=1S/C17H32N2O2/c1-13(2)18-17(3,16(20)21-4)10-5-11-19(15-8-9-15)12-14-6-7-14/h13-15,18H,5-12H2,1-4H3. The van der Waals surface area contributed by atoms with Gasteiger partial charge in [-0.15, -0.1) is 0 Å². The summed E-state index contributed by atoms with van der Waals surface area (Å²) in [5.74, 6) is 0.808. The molecule has 0 radical (unpaired) electrons. The molecule has 0 bridgehead atoms. The minimum absolute atomic E-state index is 0.142. The highest BCUT2D eigenvalue weighted by atomic mass is 16.5. The molecule has 4 nitrogen and oxygen atoms in total. The normalized spacial score (nSPS) is 21.6. The summed E-state index contributed by atoms with van der Waals surface area (Å²) in [5.41, 5.74) is -0.558. The molecule has 0 saturated heterocycles. The van der Waals surface area contributed by atoms with Gasteiger partial charge in [-0.1, -0.05) is 0 Å². The van der Waals surface area contributed by atoms with Crippen LogP contribution in [0.4, 0.5) is 0 Å². The van der Waals surface area contributed by atoms with E-state index in [0.717, 1.165) is 31.3 Å². The number of nitrogens with zero attached hydrogens (tertiary/aromatic N) is 1. The second-order valence-electron chi connectivity index (χ2n) is 7.40. The fourth-order valence-corrected chi connectivity index (χ4v) is 3.23. The molecule has 1 unspecified atom stereocenters. The summed E-state index contributed by atoms with van der Waals surface area (Å²) in [4.78, 5) is 14.7. The minimum atomic E-state index is -0.558. The topological polar surface area (TPSA) is 41.6 Å². The third-order valence-electron chi connectivity index (χ3n) is 4.62. The van der Waals surface area contributed by atoms with E-state index in [0.29, 0.717) is 0 Å². The van der Waals surface area contributed by atoms with Crippen molar-refractivity contribution >= 4 is 5.97 Å². The molecular weight excluding hydrogens is 264 g/mol. The smallest absolute Gasteiger partial charge is 0.325 e. The van der Waals surface area contributed by atoms with Crippen LogP contribution in [0.3, 0.4) is 0 Å². The number of ether oxygens (including phenoxy) is 1. The Kier molecular flexibility index (Phi) is 5.67. The number of methoxy groups -OCH3 is 1. The van der Waals surface area contributed by atoms with Gasteiger partial charge in [0.2, 0.25) is 0 Å². The number of nitrogens with one attached hydrogen (secondary N) is 1. The van der Waals surface area contributed by atoms with Crippen LogP contribution < -0.4 is 5.32 Å². The number of esters is 1. The van der Waals surface area contributed by atoms with Crippen LogP contribution in [0.2, 0.25) is 0 Å². The molecule has 122 valence electrons. The van der Waals surface area contributed by atoms with E-state index in [-0.39, 0.29) is 12.0 Å². The summed E-state index contributed by atoms with van der Waals surface area (Å²) in [5, 5.41) is 3.39. The molecule has 0 aliphatic heterocycles. The fraction of sp³-hybridized carbons (Fsp3) is 0.941. The molecule has 21 heavy (non-hydrogen) atoms. The largest absolute Gasteiger partial charge is 0.468 e. The van der Waals surface area contributed by atoms with Crippen LogP contribution in [0.5, 0.6) is 0 Å².